The molecular weight excluding hydrogens is 809 g/mol. The Morgan fingerprint density at radius 1 is 0.882 bits per heavy atom. The van der Waals surface area contributed by atoms with E-state index in [0.29, 0.717) is 5.92 Å². The maximum Gasteiger partial charge on any atom is 0.164 e. The summed E-state index contributed by atoms with van der Waals surface area (Å²) in [6.45, 7) is 23.3. The van der Waals surface area contributed by atoms with Crippen LogP contribution in [0.15, 0.2) is 83.4 Å². The van der Waals surface area contributed by atoms with Gasteiger partial charge in [-0.15, -0.1) is 29.1 Å². The topological polar surface area (TPSA) is 76.2 Å². The number of nitrogens with zero attached hydrogens (tertiary/aromatic N) is 2. The van der Waals surface area contributed by atoms with Gasteiger partial charge in [0.05, 0.1) is 6.26 Å². The minimum Gasteiger partial charge on any atom is -0.512 e. The van der Waals surface area contributed by atoms with Gasteiger partial charge in [-0.25, -0.2) is 0 Å². The Morgan fingerprint density at radius 3 is 2.14 bits per heavy atom. The second-order valence-corrected chi connectivity index (χ2v) is 15.7. The molecule has 0 amide bonds. The van der Waals surface area contributed by atoms with Crippen LogP contribution in [0.5, 0.6) is 0 Å². The van der Waals surface area contributed by atoms with Gasteiger partial charge in [0.25, 0.3) is 0 Å². The van der Waals surface area contributed by atoms with Gasteiger partial charge in [-0.05, 0) is 61.1 Å². The molecule has 2 aromatic carbocycles. The van der Waals surface area contributed by atoms with Gasteiger partial charge in [0, 0.05) is 66.2 Å². The van der Waals surface area contributed by atoms with E-state index < -0.39 is 0 Å². The molecule has 0 saturated heterocycles. The van der Waals surface area contributed by atoms with Crippen molar-refractivity contribution in [2.45, 2.75) is 114 Å². The number of benzene rings is 2. The minimum absolute atomic E-state index is 0. The van der Waals surface area contributed by atoms with Crippen molar-refractivity contribution in [2.24, 2.45) is 16.7 Å². The fourth-order valence-corrected chi connectivity index (χ4v) is 6.14. The molecule has 1 N–H and O–H groups in total. The van der Waals surface area contributed by atoms with Gasteiger partial charge >= 0.3 is 0 Å². The smallest absolute Gasteiger partial charge is 0.164 e. The summed E-state index contributed by atoms with van der Waals surface area (Å²) in [7, 11) is 0. The van der Waals surface area contributed by atoms with Crippen molar-refractivity contribution in [2.75, 3.05) is 0 Å². The van der Waals surface area contributed by atoms with Gasteiger partial charge in [-0.2, -0.15) is 0 Å². The molecule has 3 heterocycles. The van der Waals surface area contributed by atoms with Crippen LogP contribution >= 0.6 is 0 Å². The molecule has 5 nitrogen and oxygen atoms in total. The number of pyridine rings is 2. The van der Waals surface area contributed by atoms with E-state index in [2.05, 4.69) is 88.1 Å². The van der Waals surface area contributed by atoms with E-state index in [1.54, 1.807) is 0 Å². The Bertz CT molecular complexity index is 1960. The van der Waals surface area contributed by atoms with Crippen LogP contribution in [-0.2, 0) is 36.7 Å². The van der Waals surface area contributed by atoms with E-state index in [9.17, 15) is 9.90 Å². The summed E-state index contributed by atoms with van der Waals surface area (Å²) in [4.78, 5) is 21.6. The first-order chi connectivity index (χ1) is 23.6. The Labute approximate surface area is 319 Å². The molecule has 0 aliphatic heterocycles. The molecule has 5 aromatic rings. The third kappa shape index (κ3) is 9.64. The summed E-state index contributed by atoms with van der Waals surface area (Å²) in [5.41, 5.74) is 7.67. The Balaban J connectivity index is 0.000000335. The van der Waals surface area contributed by atoms with Crippen LogP contribution in [0.4, 0.5) is 0 Å². The van der Waals surface area contributed by atoms with E-state index in [-0.39, 0.29) is 47.9 Å². The molecular formula is C45H57IrN2O3-. The molecule has 3 aromatic heterocycles. The molecule has 0 bridgehead atoms. The summed E-state index contributed by atoms with van der Waals surface area (Å²) < 4.78 is 5.84. The molecule has 5 rings (SSSR count). The predicted octanol–water partition coefficient (Wildman–Crippen LogP) is 12.7. The number of carbonyl (C=O) groups is 1. The standard InChI is InChI=1S/C30H29N2O.C15H28O2.Ir/c1-19(2)12-24-18-33-28-16-23(17-32-29(24)28)20-10-11-31-27(15-20)22-13-21-8-6-7-9-25(21)26(14-22)30(3,4)5;1-7-14(5,8-2)12(16)11-13(17)15(6,9-3)10-4;/h6-11,14-19H,12H2,1-5H3;11,16H,7-10H2,1-6H3;/q-1;;/b;12-11-;. The number of allylic oxidation sites excluding steroid dienone is 2. The Hall–Kier alpha value is -3.60. The van der Waals surface area contributed by atoms with Crippen molar-refractivity contribution in [3.8, 4) is 22.4 Å². The van der Waals surface area contributed by atoms with Crippen molar-refractivity contribution in [3.63, 3.8) is 0 Å². The zero-order valence-electron chi connectivity index (χ0n) is 32.5. The number of aliphatic hydroxyl groups excluding tert-OH is 1. The van der Waals surface area contributed by atoms with Gasteiger partial charge in [-0.1, -0.05) is 111 Å². The molecule has 6 heteroatoms. The van der Waals surface area contributed by atoms with Gasteiger partial charge in [0.1, 0.15) is 11.3 Å². The maximum absolute atomic E-state index is 12.2. The first-order valence-electron chi connectivity index (χ1n) is 18.3. The maximum atomic E-state index is 12.2. The molecule has 0 saturated carbocycles. The number of fused-ring (bicyclic) bond motifs is 2. The predicted molar refractivity (Wildman–Crippen MR) is 209 cm³/mol. The average Bonchev–Trinajstić information content (AvgIpc) is 3.51. The number of rotatable bonds is 11. The number of ketones is 1. The van der Waals surface area contributed by atoms with Gasteiger partial charge in [0.2, 0.25) is 0 Å². The largest absolute Gasteiger partial charge is 0.512 e. The number of furan rings is 1. The number of hydrogen-bond donors (Lipinski definition) is 1. The van der Waals surface area contributed by atoms with Crippen LogP contribution in [0.3, 0.4) is 0 Å². The fourth-order valence-electron chi connectivity index (χ4n) is 6.14. The quantitative estimate of drug-likeness (QED) is 0.0813. The van der Waals surface area contributed by atoms with Gasteiger partial charge in [0.15, 0.2) is 11.4 Å². The van der Waals surface area contributed by atoms with Crippen molar-refractivity contribution in [3.05, 3.63) is 96.2 Å². The Kier molecular flexibility index (Phi) is 14.2. The molecule has 0 fully saturated rings. The van der Waals surface area contributed by atoms with E-state index in [4.69, 9.17) is 9.40 Å². The summed E-state index contributed by atoms with van der Waals surface area (Å²) in [5.74, 6) is 0.847. The summed E-state index contributed by atoms with van der Waals surface area (Å²) in [5, 5.41) is 12.5. The minimum atomic E-state index is -0.337. The van der Waals surface area contributed by atoms with Crippen LogP contribution in [0.2, 0.25) is 0 Å². The third-order valence-corrected chi connectivity index (χ3v) is 10.7. The van der Waals surface area contributed by atoms with Crippen molar-refractivity contribution in [1.29, 1.82) is 0 Å². The van der Waals surface area contributed by atoms with E-state index >= 15 is 0 Å². The second kappa shape index (κ2) is 17.3. The fraction of sp³-hybridized carbons (Fsp3) is 0.444. The molecule has 0 unspecified atom stereocenters. The summed E-state index contributed by atoms with van der Waals surface area (Å²) >= 11 is 0. The first kappa shape index (κ1) is 41.8. The normalized spacial score (nSPS) is 12.5. The number of aromatic nitrogens is 2. The monoisotopic (exact) mass is 866 g/mol. The van der Waals surface area contributed by atoms with Crippen LogP contribution < -0.4 is 0 Å². The van der Waals surface area contributed by atoms with Crippen LogP contribution in [0.1, 0.15) is 113 Å². The van der Waals surface area contributed by atoms with Crippen molar-refractivity contribution in [1.82, 2.24) is 9.97 Å². The number of carbonyl (C=O) groups excluding carboxylic acids is 1. The summed E-state index contributed by atoms with van der Waals surface area (Å²) in [6, 6.07) is 20.5. The van der Waals surface area contributed by atoms with Gasteiger partial charge in [-0.3, -0.25) is 14.8 Å². The second-order valence-electron chi connectivity index (χ2n) is 15.7. The molecule has 0 aliphatic carbocycles. The van der Waals surface area contributed by atoms with E-state index in [1.807, 2.05) is 66.3 Å². The van der Waals surface area contributed by atoms with Crippen molar-refractivity contribution >= 4 is 27.7 Å². The Morgan fingerprint density at radius 2 is 1.53 bits per heavy atom. The van der Waals surface area contributed by atoms with Crippen molar-refractivity contribution < 1.29 is 34.4 Å². The van der Waals surface area contributed by atoms with E-state index in [0.717, 1.165) is 71.0 Å². The average molecular weight is 866 g/mol. The third-order valence-electron chi connectivity index (χ3n) is 10.7. The van der Waals surface area contributed by atoms with Gasteiger partial charge < -0.3 is 9.52 Å². The van der Waals surface area contributed by atoms with E-state index in [1.165, 1.54) is 22.6 Å². The number of aliphatic hydroxyl groups is 1. The molecule has 0 spiro atoms. The summed E-state index contributed by atoms with van der Waals surface area (Å²) in [6.07, 6.45) is 11.4. The van der Waals surface area contributed by atoms with Crippen LogP contribution in [0, 0.1) is 22.8 Å². The molecule has 0 atom stereocenters. The van der Waals surface area contributed by atoms with Crippen LogP contribution in [0.25, 0.3) is 44.3 Å². The zero-order chi connectivity index (χ0) is 36.9. The molecule has 1 radical (unpaired) electrons. The SMILES string of the molecule is CC(C)Cc1coc2cc(-c3ccnc(-c4[c-]c5ccccc5c(C(C)(C)C)c4)c3)cnc12.CCC(C)(CC)C(=O)/C=C(\O)C(C)(CC)CC.[Ir]. The zero-order valence-corrected chi connectivity index (χ0v) is 34.9. The van der Waals surface area contributed by atoms with Crippen LogP contribution in [-0.4, -0.2) is 20.9 Å². The molecule has 0 aliphatic rings. The molecule has 51 heavy (non-hydrogen) atoms. The first-order valence-corrected chi connectivity index (χ1v) is 18.3. The number of hydrogen-bond acceptors (Lipinski definition) is 5. The molecule has 275 valence electrons.